The van der Waals surface area contributed by atoms with Crippen LogP contribution < -0.4 is 37.7 Å². The van der Waals surface area contributed by atoms with Crippen LogP contribution in [0.3, 0.4) is 0 Å². The van der Waals surface area contributed by atoms with E-state index in [9.17, 15) is 67.1 Å². The number of Topliss-reactive ketones (excluding diaryl/α,β-unsaturated/α-hetero) is 6. The van der Waals surface area contributed by atoms with E-state index in [0.717, 1.165) is 25.7 Å². The predicted molar refractivity (Wildman–Crippen MR) is 355 cm³/mol. The Hall–Kier alpha value is -11.7. The maximum Gasteiger partial charge on any atom is 0.301 e. The maximum atomic E-state index is 16.4. The number of benzene rings is 6. The lowest BCUT2D eigenvalue weighted by Gasteiger charge is -2.31. The van der Waals surface area contributed by atoms with Gasteiger partial charge in [0.2, 0.25) is 38.5 Å². The van der Waals surface area contributed by atoms with Gasteiger partial charge in [-0.05, 0) is 59.4 Å². The third-order valence-electron chi connectivity index (χ3n) is 18.2. The average Bonchev–Trinajstić information content (AvgIpc) is 0.921. The largest absolute Gasteiger partial charge is 0.301 e. The Morgan fingerprint density at radius 3 is 1.14 bits per heavy atom. The minimum absolute atomic E-state index is 0.0333. The van der Waals surface area contributed by atoms with Crippen molar-refractivity contribution < 1.29 is 95.9 Å². The molecule has 0 saturated heterocycles. The second kappa shape index (κ2) is 32.1. The van der Waals surface area contributed by atoms with Crippen molar-refractivity contribution in [3.8, 4) is 0 Å². The SMILES string of the molecule is CCCCCCC(CCCCCC)N(C=O)C(=O)C(=O)c1cc2c(C(=O)C(=O)NC=O)c(C(=O)C(=O)NC=O)c3cc(C(=O)C(=O)NC=O)c(C(=O)C(=O)NC=O)c4c3c2c2c1c(C(=O)C(=O)N(C=O)C(CCCCCC)CCCCCC)c1c3c(c5c(=O)[nH]c(=O)c5c4c32)C(=O)NC1=O. The van der Waals surface area contributed by atoms with Crippen molar-refractivity contribution in [3.63, 3.8) is 0 Å². The Bertz CT molecular complexity index is 4790. The summed E-state index contributed by atoms with van der Waals surface area (Å²) in [5, 5.41) is -4.35. The first-order valence-electron chi connectivity index (χ1n) is 32.7. The van der Waals surface area contributed by atoms with Crippen molar-refractivity contribution >= 4 is 185 Å². The molecule has 0 fully saturated rings. The van der Waals surface area contributed by atoms with Gasteiger partial charge in [-0.1, -0.05) is 130 Å². The molecule has 8 rings (SSSR count). The van der Waals surface area contributed by atoms with Crippen molar-refractivity contribution in [1.29, 1.82) is 0 Å². The molecule has 0 saturated carbocycles. The van der Waals surface area contributed by atoms with Crippen LogP contribution in [0.2, 0.25) is 0 Å². The number of aromatic amines is 1. The van der Waals surface area contributed by atoms with Gasteiger partial charge >= 0.3 is 11.8 Å². The van der Waals surface area contributed by atoms with E-state index >= 15 is 38.4 Å². The van der Waals surface area contributed by atoms with Gasteiger partial charge in [0.25, 0.3) is 81.3 Å². The quantitative estimate of drug-likeness (QED) is 0.00580. The van der Waals surface area contributed by atoms with E-state index in [2.05, 4.69) is 0 Å². The number of amides is 14. The maximum absolute atomic E-state index is 16.4. The number of carbonyl (C=O) groups is 20. The summed E-state index contributed by atoms with van der Waals surface area (Å²) < 4.78 is 0. The number of carbonyl (C=O) groups excluding carboxylic acids is 20. The number of rotatable bonds is 40. The Morgan fingerprint density at radius 1 is 0.360 bits per heavy atom. The number of ketones is 6. The fraction of sp³-hybridized carbons (Fsp3) is 0.371. The number of aromatic nitrogens is 1. The molecular weight excluding hydrogens is 1300 g/mol. The van der Waals surface area contributed by atoms with Crippen LogP contribution in [0.5, 0.6) is 0 Å². The van der Waals surface area contributed by atoms with Gasteiger partial charge in [0, 0.05) is 77.8 Å². The molecule has 30 nitrogen and oxygen atoms in total. The first-order chi connectivity index (χ1) is 48.0. The molecule has 30 heteroatoms. The lowest BCUT2D eigenvalue weighted by atomic mass is 9.72. The number of unbranched alkanes of at least 4 members (excludes halogenated alkanes) is 12. The van der Waals surface area contributed by atoms with Crippen LogP contribution in [0.25, 0.3) is 64.6 Å². The molecular formula is C70H68N8O22. The van der Waals surface area contributed by atoms with Crippen molar-refractivity contribution in [2.24, 2.45) is 0 Å². The third-order valence-corrected chi connectivity index (χ3v) is 18.2. The number of nitrogens with zero attached hydrogens (tertiary/aromatic N) is 2. The predicted octanol–water partition coefficient (Wildman–Crippen LogP) is 4.63. The van der Waals surface area contributed by atoms with Crippen LogP contribution >= 0.6 is 0 Å². The van der Waals surface area contributed by atoms with Crippen LogP contribution in [0.4, 0.5) is 0 Å². The highest BCUT2D eigenvalue weighted by atomic mass is 16.2. The topological polar surface area (TPSA) is 458 Å². The van der Waals surface area contributed by atoms with E-state index < -0.39 is 214 Å². The van der Waals surface area contributed by atoms with Crippen molar-refractivity contribution in [1.82, 2.24) is 41.4 Å². The molecule has 1 aliphatic heterocycles. The molecule has 14 amide bonds. The number of fused-ring (bicyclic) bond motifs is 4. The minimum Gasteiger partial charge on any atom is -0.292 e. The highest BCUT2D eigenvalue weighted by Gasteiger charge is 2.46. The second-order valence-electron chi connectivity index (χ2n) is 24.2. The summed E-state index contributed by atoms with van der Waals surface area (Å²) >= 11 is 0. The number of hydrogen-bond donors (Lipinski definition) is 6. The van der Waals surface area contributed by atoms with E-state index in [4.69, 9.17) is 0 Å². The molecule has 0 aliphatic carbocycles. The van der Waals surface area contributed by atoms with E-state index in [1.54, 1.807) is 5.32 Å². The molecule has 6 N–H and O–H groups in total. The van der Waals surface area contributed by atoms with Gasteiger partial charge in [0.15, 0.2) is 0 Å². The minimum atomic E-state index is -2.10. The summed E-state index contributed by atoms with van der Waals surface area (Å²) in [6.45, 7) is 7.69. The van der Waals surface area contributed by atoms with Crippen LogP contribution in [-0.4, -0.2) is 147 Å². The van der Waals surface area contributed by atoms with Gasteiger partial charge in [-0.25, -0.2) is 0 Å². The molecule has 2 heterocycles. The third kappa shape index (κ3) is 13.4. The fourth-order valence-electron chi connectivity index (χ4n) is 13.8. The molecule has 6 aromatic carbocycles. The fourth-order valence-corrected chi connectivity index (χ4v) is 13.8. The molecule has 0 radical (unpaired) electrons. The lowest BCUT2D eigenvalue weighted by molar-refractivity contribution is -0.139. The molecule has 520 valence electrons. The average molecular weight is 1370 g/mol. The number of nitrogens with one attached hydrogen (secondary N) is 6. The number of imide groups is 7. The zero-order valence-corrected chi connectivity index (χ0v) is 54.8. The molecule has 100 heavy (non-hydrogen) atoms. The van der Waals surface area contributed by atoms with Gasteiger partial charge in [0.1, 0.15) is 0 Å². The van der Waals surface area contributed by atoms with E-state index in [1.165, 1.54) is 16.0 Å². The van der Waals surface area contributed by atoms with Crippen LogP contribution in [-0.2, 0) is 57.5 Å². The Kier molecular flexibility index (Phi) is 23.8. The summed E-state index contributed by atoms with van der Waals surface area (Å²) in [5.41, 5.74) is -13.8. The number of H-pyrrole nitrogens is 1. The molecule has 1 aromatic heterocycles. The molecule has 0 spiro atoms. The highest BCUT2D eigenvalue weighted by molar-refractivity contribution is 6.63. The van der Waals surface area contributed by atoms with Gasteiger partial charge in [-0.2, -0.15) is 0 Å². The first-order valence-corrected chi connectivity index (χ1v) is 32.7. The standard InChI is InChI=1S/C70H68N8O22/c1-5-9-13-17-21-33(22-18-14-10-6-2)77(31-83)69(99)56(86)37-25-35-39-40-36(43(58(88)67(97)73-29-81)42(35)57(87)66(96)72-28-80)26-38(55(85)65(95)71-27-79)44(59(89)68(98)74-30-82)46(40)48-47-45(39)41(37)50(51-49(47)53(63(93)75-61(51)91)54-52(48)62(92)76-64(54)94)60(90)70(100)78(32-84)34(23-19-15-11-7-3)24-20-16-12-8-4/h25-34H,5-24H2,1-4H3,(H,71,79,95)(H,72,80,96)(H,73,81,97)(H,74,82,98)(H,75,91,93)(H,76,92,94). The highest BCUT2D eigenvalue weighted by Crippen LogP contribution is 2.55. The Labute approximate surface area is 565 Å². The lowest BCUT2D eigenvalue weighted by Crippen LogP contribution is -2.45. The molecule has 0 bridgehead atoms. The van der Waals surface area contributed by atoms with E-state index in [-0.39, 0.29) is 64.1 Å². The first kappa shape index (κ1) is 74.1. The van der Waals surface area contributed by atoms with Gasteiger partial charge in [-0.15, -0.1) is 0 Å². The van der Waals surface area contributed by atoms with Crippen LogP contribution in [0.15, 0.2) is 21.7 Å². The van der Waals surface area contributed by atoms with E-state index in [0.29, 0.717) is 99.0 Å². The normalized spacial score (nSPS) is 11.9. The van der Waals surface area contributed by atoms with Crippen molar-refractivity contribution in [2.75, 3.05) is 0 Å². The molecule has 0 unspecified atom stereocenters. The monoisotopic (exact) mass is 1370 g/mol. The van der Waals surface area contributed by atoms with Gasteiger partial charge in [0.05, 0.1) is 21.9 Å². The smallest absolute Gasteiger partial charge is 0.292 e. The zero-order valence-electron chi connectivity index (χ0n) is 54.8. The summed E-state index contributed by atoms with van der Waals surface area (Å²) in [7, 11) is 0. The van der Waals surface area contributed by atoms with Crippen molar-refractivity contribution in [3.05, 3.63) is 77.3 Å². The summed E-state index contributed by atoms with van der Waals surface area (Å²) in [6.07, 6.45) is 8.71. The number of hydrogen-bond acceptors (Lipinski definition) is 22. The van der Waals surface area contributed by atoms with Crippen LogP contribution in [0, 0.1) is 0 Å². The zero-order chi connectivity index (χ0) is 73.1. The Balaban J connectivity index is 1.79. The summed E-state index contributed by atoms with van der Waals surface area (Å²) in [5.74, 6) is -26.8. The molecule has 0 atom stereocenters. The molecule has 1 aliphatic rings. The van der Waals surface area contributed by atoms with Crippen LogP contribution in [0.1, 0.15) is 239 Å². The van der Waals surface area contributed by atoms with Gasteiger partial charge in [-0.3, -0.25) is 147 Å². The van der Waals surface area contributed by atoms with Crippen molar-refractivity contribution in [2.45, 2.75) is 168 Å². The van der Waals surface area contributed by atoms with Gasteiger partial charge < -0.3 is 0 Å². The molecule has 7 aromatic rings. The Morgan fingerprint density at radius 2 is 0.720 bits per heavy atom. The summed E-state index contributed by atoms with van der Waals surface area (Å²) in [4.78, 5) is 320. The van der Waals surface area contributed by atoms with E-state index in [1.807, 2.05) is 38.0 Å². The second-order valence-corrected chi connectivity index (χ2v) is 24.2. The summed E-state index contributed by atoms with van der Waals surface area (Å²) in [6, 6.07) is -1.34.